The number of aliphatic hydroxyl groups excluding tert-OH is 1. The van der Waals surface area contributed by atoms with Crippen molar-refractivity contribution in [1.82, 2.24) is 0 Å². The third-order valence-corrected chi connectivity index (χ3v) is 2.33. The van der Waals surface area contributed by atoms with Crippen LogP contribution in [-0.4, -0.2) is 24.3 Å². The topological polar surface area (TPSA) is 55.8 Å². The predicted octanol–water partition coefficient (Wildman–Crippen LogP) is 1.99. The molecule has 1 aromatic carbocycles. The van der Waals surface area contributed by atoms with E-state index in [-0.39, 0.29) is 12.6 Å². The van der Waals surface area contributed by atoms with Crippen molar-refractivity contribution in [3.63, 3.8) is 0 Å². The van der Waals surface area contributed by atoms with Crippen molar-refractivity contribution in [3.8, 4) is 5.75 Å². The van der Waals surface area contributed by atoms with E-state index in [4.69, 9.17) is 9.47 Å². The molecule has 0 heterocycles. The molecule has 1 N–H and O–H groups in total. The van der Waals surface area contributed by atoms with Gasteiger partial charge in [-0.2, -0.15) is 0 Å². The Morgan fingerprint density at radius 3 is 2.71 bits per heavy atom. The molecule has 0 aromatic heterocycles. The highest BCUT2D eigenvalue weighted by Crippen LogP contribution is 2.22. The summed E-state index contributed by atoms with van der Waals surface area (Å²) in [7, 11) is 0. The maximum atomic E-state index is 11.1. The first-order chi connectivity index (χ1) is 8.04. The van der Waals surface area contributed by atoms with Crippen LogP contribution in [0.15, 0.2) is 18.2 Å². The molecule has 0 saturated heterocycles. The Balaban J connectivity index is 2.63. The number of esters is 1. The van der Waals surface area contributed by atoms with Gasteiger partial charge in [-0.05, 0) is 44.0 Å². The number of ether oxygens (including phenoxy) is 2. The molecule has 17 heavy (non-hydrogen) atoms. The van der Waals surface area contributed by atoms with Crippen molar-refractivity contribution < 1.29 is 19.4 Å². The standard InChI is InChI=1S/C13H18O4/c1-4-16-13(15)8-17-12-6-5-11(10(3)14)7-9(12)2/h5-7,10,14H,4,8H2,1-3H3/t10-/m1/s1. The number of carbonyl (C=O) groups excluding carboxylic acids is 1. The van der Waals surface area contributed by atoms with Gasteiger partial charge in [0.15, 0.2) is 6.61 Å². The van der Waals surface area contributed by atoms with Gasteiger partial charge >= 0.3 is 5.97 Å². The zero-order valence-corrected chi connectivity index (χ0v) is 10.4. The molecule has 0 aliphatic carbocycles. The van der Waals surface area contributed by atoms with Gasteiger partial charge in [-0.25, -0.2) is 4.79 Å². The van der Waals surface area contributed by atoms with Gasteiger partial charge in [0.2, 0.25) is 0 Å². The zero-order chi connectivity index (χ0) is 12.8. The summed E-state index contributed by atoms with van der Waals surface area (Å²) >= 11 is 0. The molecular weight excluding hydrogens is 220 g/mol. The number of aliphatic hydroxyl groups is 1. The number of benzene rings is 1. The summed E-state index contributed by atoms with van der Waals surface area (Å²) in [6.07, 6.45) is -0.507. The van der Waals surface area contributed by atoms with Crippen molar-refractivity contribution in [2.24, 2.45) is 0 Å². The number of hydrogen-bond donors (Lipinski definition) is 1. The van der Waals surface area contributed by atoms with E-state index in [2.05, 4.69) is 0 Å². The Morgan fingerprint density at radius 2 is 2.18 bits per heavy atom. The van der Waals surface area contributed by atoms with Crippen molar-refractivity contribution in [2.45, 2.75) is 26.9 Å². The molecule has 0 unspecified atom stereocenters. The second-order valence-electron chi connectivity index (χ2n) is 3.79. The van der Waals surface area contributed by atoms with Crippen LogP contribution in [0, 0.1) is 6.92 Å². The Morgan fingerprint density at radius 1 is 1.47 bits per heavy atom. The monoisotopic (exact) mass is 238 g/mol. The van der Waals surface area contributed by atoms with E-state index in [1.165, 1.54) is 0 Å². The highest BCUT2D eigenvalue weighted by molar-refractivity contribution is 5.71. The van der Waals surface area contributed by atoms with E-state index < -0.39 is 6.10 Å². The molecule has 0 amide bonds. The average Bonchev–Trinajstić information content (AvgIpc) is 2.27. The molecule has 94 valence electrons. The Bertz CT molecular complexity index is 385. The largest absolute Gasteiger partial charge is 0.482 e. The first-order valence-electron chi connectivity index (χ1n) is 5.61. The van der Waals surface area contributed by atoms with Crippen LogP contribution in [0.2, 0.25) is 0 Å². The van der Waals surface area contributed by atoms with Crippen LogP contribution >= 0.6 is 0 Å². The molecule has 4 nitrogen and oxygen atoms in total. The summed E-state index contributed by atoms with van der Waals surface area (Å²) < 4.78 is 10.1. The third kappa shape index (κ3) is 4.07. The van der Waals surface area contributed by atoms with Crippen LogP contribution in [0.4, 0.5) is 0 Å². The second-order valence-corrected chi connectivity index (χ2v) is 3.79. The molecule has 0 fully saturated rings. The van der Waals surface area contributed by atoms with Crippen molar-refractivity contribution in [2.75, 3.05) is 13.2 Å². The van der Waals surface area contributed by atoms with E-state index in [1.54, 1.807) is 26.0 Å². The first-order valence-corrected chi connectivity index (χ1v) is 5.61. The highest BCUT2D eigenvalue weighted by Gasteiger charge is 2.07. The van der Waals surface area contributed by atoms with E-state index in [0.29, 0.717) is 12.4 Å². The van der Waals surface area contributed by atoms with Crippen LogP contribution in [0.5, 0.6) is 5.75 Å². The summed E-state index contributed by atoms with van der Waals surface area (Å²) in [5, 5.41) is 9.41. The first kappa shape index (κ1) is 13.5. The van der Waals surface area contributed by atoms with E-state index in [9.17, 15) is 9.90 Å². The summed E-state index contributed by atoms with van der Waals surface area (Å²) in [5.41, 5.74) is 1.71. The van der Waals surface area contributed by atoms with Crippen LogP contribution in [-0.2, 0) is 9.53 Å². The molecule has 1 aromatic rings. The number of carbonyl (C=O) groups is 1. The van der Waals surface area contributed by atoms with Crippen LogP contribution in [0.25, 0.3) is 0 Å². The van der Waals surface area contributed by atoms with Crippen LogP contribution in [0.1, 0.15) is 31.1 Å². The Kier molecular flexibility index (Phi) is 4.97. The van der Waals surface area contributed by atoms with E-state index in [0.717, 1.165) is 11.1 Å². The van der Waals surface area contributed by atoms with E-state index in [1.807, 2.05) is 13.0 Å². The van der Waals surface area contributed by atoms with Crippen molar-refractivity contribution >= 4 is 5.97 Å². The lowest BCUT2D eigenvalue weighted by atomic mass is 10.1. The number of aryl methyl sites for hydroxylation is 1. The average molecular weight is 238 g/mol. The van der Waals surface area contributed by atoms with Gasteiger partial charge in [0.1, 0.15) is 5.75 Å². The van der Waals surface area contributed by atoms with Crippen molar-refractivity contribution in [3.05, 3.63) is 29.3 Å². The molecule has 1 atom stereocenters. The molecule has 0 spiro atoms. The molecule has 0 aliphatic rings. The highest BCUT2D eigenvalue weighted by atomic mass is 16.6. The quantitative estimate of drug-likeness (QED) is 0.797. The lowest BCUT2D eigenvalue weighted by Gasteiger charge is -2.11. The van der Waals surface area contributed by atoms with Gasteiger partial charge in [-0.3, -0.25) is 0 Å². The lowest BCUT2D eigenvalue weighted by Crippen LogP contribution is -2.15. The molecule has 1 rings (SSSR count). The second kappa shape index (κ2) is 6.25. The molecule has 0 radical (unpaired) electrons. The normalized spacial score (nSPS) is 12.0. The number of hydrogen-bond acceptors (Lipinski definition) is 4. The fraction of sp³-hybridized carbons (Fsp3) is 0.462. The summed E-state index contributed by atoms with van der Waals surface area (Å²) in [6, 6.07) is 5.36. The minimum atomic E-state index is -0.507. The summed E-state index contributed by atoms with van der Waals surface area (Å²) in [6.45, 7) is 5.58. The zero-order valence-electron chi connectivity index (χ0n) is 10.4. The summed E-state index contributed by atoms with van der Waals surface area (Å²) in [5.74, 6) is 0.244. The van der Waals surface area contributed by atoms with Gasteiger partial charge < -0.3 is 14.6 Å². The maximum Gasteiger partial charge on any atom is 0.344 e. The maximum absolute atomic E-state index is 11.1. The van der Waals surface area contributed by atoms with Crippen molar-refractivity contribution in [1.29, 1.82) is 0 Å². The summed E-state index contributed by atoms with van der Waals surface area (Å²) in [4.78, 5) is 11.1. The van der Waals surface area contributed by atoms with Gasteiger partial charge in [0, 0.05) is 0 Å². The van der Waals surface area contributed by atoms with E-state index >= 15 is 0 Å². The van der Waals surface area contributed by atoms with Crippen LogP contribution in [0.3, 0.4) is 0 Å². The minimum Gasteiger partial charge on any atom is -0.482 e. The molecule has 0 bridgehead atoms. The molecule has 0 saturated carbocycles. The molecule has 0 aliphatic heterocycles. The smallest absolute Gasteiger partial charge is 0.344 e. The predicted molar refractivity (Wildman–Crippen MR) is 63.9 cm³/mol. The fourth-order valence-corrected chi connectivity index (χ4v) is 1.43. The minimum absolute atomic E-state index is 0.0945. The number of rotatable bonds is 5. The van der Waals surface area contributed by atoms with Crippen LogP contribution < -0.4 is 4.74 Å². The fourth-order valence-electron chi connectivity index (χ4n) is 1.43. The van der Waals surface area contributed by atoms with Gasteiger partial charge in [-0.1, -0.05) is 6.07 Å². The lowest BCUT2D eigenvalue weighted by molar-refractivity contribution is -0.145. The molecule has 4 heteroatoms. The SMILES string of the molecule is CCOC(=O)COc1ccc([C@@H](C)O)cc1C. The van der Waals surface area contributed by atoms with Gasteiger partial charge in [0.25, 0.3) is 0 Å². The Hall–Kier alpha value is -1.55. The molecular formula is C13H18O4. The van der Waals surface area contributed by atoms with Gasteiger partial charge in [-0.15, -0.1) is 0 Å². The van der Waals surface area contributed by atoms with Gasteiger partial charge in [0.05, 0.1) is 12.7 Å². The Labute approximate surface area is 101 Å². The third-order valence-electron chi connectivity index (χ3n) is 2.33.